The normalized spacial score (nSPS) is 11.6. The Morgan fingerprint density at radius 1 is 1.44 bits per heavy atom. The van der Waals surface area contributed by atoms with E-state index in [9.17, 15) is 13.6 Å². The van der Waals surface area contributed by atoms with Crippen LogP contribution in [-0.2, 0) is 4.79 Å². The molecule has 2 N–H and O–H groups in total. The fourth-order valence-electron chi connectivity index (χ4n) is 1.66. The molecule has 0 aromatic rings. The van der Waals surface area contributed by atoms with E-state index >= 15 is 0 Å². The number of amides is 1. The van der Waals surface area contributed by atoms with Crippen molar-refractivity contribution >= 4 is 23.1 Å². The van der Waals surface area contributed by atoms with Crippen LogP contribution in [0.15, 0.2) is 0 Å². The zero-order valence-corrected chi connectivity index (χ0v) is 10.6. The topological polar surface area (TPSA) is 46.3 Å². The standard InChI is InChI=1S/C10H18F2N2OS/c1-4-10(5-2,8(13)16)9(15)14(3)6-7(11)12/h7H,4-6H2,1-3H3,(H2,13,16). The molecule has 0 fully saturated rings. The number of hydrogen-bond acceptors (Lipinski definition) is 2. The molecule has 0 aliphatic rings. The second-order valence-electron chi connectivity index (χ2n) is 3.73. The lowest BCUT2D eigenvalue weighted by atomic mass is 9.81. The molecule has 0 rings (SSSR count). The summed E-state index contributed by atoms with van der Waals surface area (Å²) in [4.78, 5) is 13.1. The van der Waals surface area contributed by atoms with Gasteiger partial charge in [-0.1, -0.05) is 26.1 Å². The van der Waals surface area contributed by atoms with Gasteiger partial charge in [-0.2, -0.15) is 0 Å². The SMILES string of the molecule is CCC(CC)(C(=O)N(C)CC(F)F)C(N)=S. The van der Waals surface area contributed by atoms with Crippen molar-refractivity contribution in [1.82, 2.24) is 4.90 Å². The van der Waals surface area contributed by atoms with E-state index in [4.69, 9.17) is 18.0 Å². The van der Waals surface area contributed by atoms with E-state index in [1.807, 2.05) is 0 Å². The number of nitrogens with two attached hydrogens (primary N) is 1. The Bertz CT molecular complexity index is 268. The Labute approximate surface area is 100.0 Å². The maximum Gasteiger partial charge on any atom is 0.255 e. The molecule has 0 radical (unpaired) electrons. The molecule has 94 valence electrons. The maximum absolute atomic E-state index is 12.2. The van der Waals surface area contributed by atoms with Crippen LogP contribution in [0.1, 0.15) is 26.7 Å². The predicted octanol–water partition coefficient (Wildman–Crippen LogP) is 1.80. The highest BCUT2D eigenvalue weighted by atomic mass is 32.1. The summed E-state index contributed by atoms with van der Waals surface area (Å²) in [5.41, 5.74) is 4.57. The van der Waals surface area contributed by atoms with Crippen LogP contribution < -0.4 is 5.73 Å². The first kappa shape index (κ1) is 15.2. The van der Waals surface area contributed by atoms with Gasteiger partial charge in [0.2, 0.25) is 5.91 Å². The Balaban J connectivity index is 4.95. The van der Waals surface area contributed by atoms with Crippen molar-refractivity contribution in [2.45, 2.75) is 33.1 Å². The highest BCUT2D eigenvalue weighted by molar-refractivity contribution is 7.80. The smallest absolute Gasteiger partial charge is 0.255 e. The van der Waals surface area contributed by atoms with Gasteiger partial charge in [-0.3, -0.25) is 4.79 Å². The van der Waals surface area contributed by atoms with Crippen LogP contribution in [0.5, 0.6) is 0 Å². The molecule has 1 amide bonds. The zero-order chi connectivity index (χ0) is 12.9. The first-order chi connectivity index (χ1) is 7.31. The molecule has 0 saturated heterocycles. The molecule has 0 saturated carbocycles. The van der Waals surface area contributed by atoms with Gasteiger partial charge in [0.25, 0.3) is 6.43 Å². The maximum atomic E-state index is 12.2. The number of carbonyl (C=O) groups is 1. The van der Waals surface area contributed by atoms with E-state index < -0.39 is 24.3 Å². The van der Waals surface area contributed by atoms with Gasteiger partial charge in [0.15, 0.2) is 0 Å². The summed E-state index contributed by atoms with van der Waals surface area (Å²) in [5, 5.41) is 0. The molecule has 0 aliphatic carbocycles. The molecule has 0 aromatic heterocycles. The number of hydrogen-bond donors (Lipinski definition) is 1. The average molecular weight is 252 g/mol. The van der Waals surface area contributed by atoms with Crippen molar-refractivity contribution in [2.24, 2.45) is 11.1 Å². The molecule has 0 spiro atoms. The van der Waals surface area contributed by atoms with Crippen molar-refractivity contribution in [1.29, 1.82) is 0 Å². The molecule has 0 aromatic carbocycles. The molecule has 0 heterocycles. The Morgan fingerprint density at radius 3 is 2.12 bits per heavy atom. The molecule has 0 atom stereocenters. The van der Waals surface area contributed by atoms with Crippen LogP contribution in [0, 0.1) is 5.41 Å². The molecule has 0 aliphatic heterocycles. The fourth-order valence-corrected chi connectivity index (χ4v) is 2.04. The van der Waals surface area contributed by atoms with Crippen molar-refractivity contribution in [2.75, 3.05) is 13.6 Å². The summed E-state index contributed by atoms with van der Waals surface area (Å²) in [6, 6.07) is 0. The van der Waals surface area contributed by atoms with Crippen molar-refractivity contribution < 1.29 is 13.6 Å². The summed E-state index contributed by atoms with van der Waals surface area (Å²) in [6.45, 7) is 2.96. The lowest BCUT2D eigenvalue weighted by Gasteiger charge is -2.33. The number of nitrogens with zero attached hydrogens (tertiary/aromatic N) is 1. The summed E-state index contributed by atoms with van der Waals surface area (Å²) >= 11 is 4.88. The van der Waals surface area contributed by atoms with Crippen LogP contribution in [0.3, 0.4) is 0 Å². The summed E-state index contributed by atoms with van der Waals surface area (Å²) in [5.74, 6) is -0.426. The summed E-state index contributed by atoms with van der Waals surface area (Å²) in [7, 11) is 1.34. The van der Waals surface area contributed by atoms with Gasteiger partial charge < -0.3 is 10.6 Å². The second kappa shape index (κ2) is 6.08. The number of thiocarbonyl (C=S) groups is 1. The van der Waals surface area contributed by atoms with Gasteiger partial charge in [0, 0.05) is 7.05 Å². The third-order valence-electron chi connectivity index (χ3n) is 2.85. The average Bonchev–Trinajstić information content (AvgIpc) is 2.18. The lowest BCUT2D eigenvalue weighted by Crippen LogP contribution is -2.49. The van der Waals surface area contributed by atoms with Crippen LogP contribution in [0.2, 0.25) is 0 Å². The molecular weight excluding hydrogens is 234 g/mol. The Morgan fingerprint density at radius 2 is 1.88 bits per heavy atom. The fraction of sp³-hybridized carbons (Fsp3) is 0.800. The molecule has 0 unspecified atom stereocenters. The first-order valence-corrected chi connectivity index (χ1v) is 5.56. The molecule has 3 nitrogen and oxygen atoms in total. The quantitative estimate of drug-likeness (QED) is 0.733. The van der Waals surface area contributed by atoms with Crippen molar-refractivity contribution in [3.63, 3.8) is 0 Å². The van der Waals surface area contributed by atoms with Crippen LogP contribution in [0.4, 0.5) is 8.78 Å². The van der Waals surface area contributed by atoms with Gasteiger partial charge in [-0.15, -0.1) is 0 Å². The van der Waals surface area contributed by atoms with Crippen LogP contribution >= 0.6 is 12.2 Å². The minimum atomic E-state index is -2.55. The highest BCUT2D eigenvalue weighted by Gasteiger charge is 2.40. The minimum Gasteiger partial charge on any atom is -0.392 e. The van der Waals surface area contributed by atoms with E-state index in [1.54, 1.807) is 13.8 Å². The molecular formula is C10H18F2N2OS. The van der Waals surface area contributed by atoms with Crippen molar-refractivity contribution in [3.05, 3.63) is 0 Å². The third-order valence-corrected chi connectivity index (χ3v) is 3.24. The molecule has 16 heavy (non-hydrogen) atoms. The monoisotopic (exact) mass is 252 g/mol. The van der Waals surface area contributed by atoms with E-state index in [0.29, 0.717) is 12.8 Å². The van der Waals surface area contributed by atoms with Gasteiger partial charge >= 0.3 is 0 Å². The second-order valence-corrected chi connectivity index (χ2v) is 4.17. The van der Waals surface area contributed by atoms with Gasteiger partial charge in [0.1, 0.15) is 0 Å². The Kier molecular flexibility index (Phi) is 5.78. The minimum absolute atomic E-state index is 0.0728. The van der Waals surface area contributed by atoms with E-state index in [-0.39, 0.29) is 4.99 Å². The highest BCUT2D eigenvalue weighted by Crippen LogP contribution is 2.29. The van der Waals surface area contributed by atoms with Crippen LogP contribution in [-0.4, -0.2) is 35.8 Å². The third kappa shape index (κ3) is 3.10. The predicted molar refractivity (Wildman–Crippen MR) is 63.4 cm³/mol. The molecule has 0 bridgehead atoms. The van der Waals surface area contributed by atoms with Gasteiger partial charge in [0.05, 0.1) is 16.9 Å². The van der Waals surface area contributed by atoms with Crippen molar-refractivity contribution in [3.8, 4) is 0 Å². The first-order valence-electron chi connectivity index (χ1n) is 5.15. The summed E-state index contributed by atoms with van der Waals surface area (Å²) in [6.07, 6.45) is -1.71. The number of rotatable bonds is 6. The Hall–Kier alpha value is -0.780. The van der Waals surface area contributed by atoms with Crippen LogP contribution in [0.25, 0.3) is 0 Å². The van der Waals surface area contributed by atoms with E-state index in [1.165, 1.54) is 7.05 Å². The number of halogens is 2. The zero-order valence-electron chi connectivity index (χ0n) is 9.80. The number of alkyl halides is 2. The van der Waals surface area contributed by atoms with Gasteiger partial charge in [-0.25, -0.2) is 8.78 Å². The van der Waals surface area contributed by atoms with E-state index in [2.05, 4.69) is 0 Å². The molecule has 6 heteroatoms. The van der Waals surface area contributed by atoms with E-state index in [0.717, 1.165) is 4.90 Å². The largest absolute Gasteiger partial charge is 0.392 e. The summed E-state index contributed by atoms with van der Waals surface area (Å²) < 4.78 is 24.4. The van der Waals surface area contributed by atoms with Gasteiger partial charge in [-0.05, 0) is 12.8 Å². The number of carbonyl (C=O) groups excluding carboxylic acids is 1. The lowest BCUT2D eigenvalue weighted by molar-refractivity contribution is -0.139.